The van der Waals surface area contributed by atoms with Crippen LogP contribution in [0.4, 0.5) is 0 Å². The Morgan fingerprint density at radius 3 is 2.84 bits per heavy atom. The maximum Gasteiger partial charge on any atom is 0.333 e. The fraction of sp³-hybridized carbons (Fsp3) is 0. The number of benzene rings is 1. The molecule has 92 valence electrons. The van der Waals surface area contributed by atoms with Crippen molar-refractivity contribution in [2.24, 2.45) is 0 Å². The van der Waals surface area contributed by atoms with Gasteiger partial charge < -0.3 is 4.42 Å². The zero-order valence-corrected chi connectivity index (χ0v) is 9.71. The Hall–Kier alpha value is -3.00. The number of aromatic amines is 1. The van der Waals surface area contributed by atoms with Gasteiger partial charge in [-0.1, -0.05) is 5.92 Å². The molecule has 3 aromatic rings. The molecule has 1 N–H and O–H groups in total. The number of terminal acetylenes is 1. The largest absolute Gasteiger partial charge is 0.462 e. The number of nitrogens with one attached hydrogen (secondary N) is 1. The van der Waals surface area contributed by atoms with Crippen LogP contribution in [-0.4, -0.2) is 9.55 Å². The summed E-state index contributed by atoms with van der Waals surface area (Å²) in [6.45, 7) is 0. The minimum absolute atomic E-state index is 0.441. The lowest BCUT2D eigenvalue weighted by Gasteiger charge is -2.00. The molecule has 3 rings (SSSR count). The first-order valence-electron chi connectivity index (χ1n) is 5.49. The molecule has 0 fully saturated rings. The highest BCUT2D eigenvalue weighted by Gasteiger charge is 2.09. The fourth-order valence-corrected chi connectivity index (χ4v) is 1.90. The molecule has 0 aliphatic carbocycles. The molecule has 0 aliphatic rings. The topological polar surface area (TPSA) is 68.0 Å². The highest BCUT2D eigenvalue weighted by Crippen LogP contribution is 2.24. The van der Waals surface area contributed by atoms with Gasteiger partial charge in [0.1, 0.15) is 11.8 Å². The average molecular weight is 252 g/mol. The van der Waals surface area contributed by atoms with Gasteiger partial charge in [0.25, 0.3) is 5.56 Å². The Balaban J connectivity index is 2.29. The van der Waals surface area contributed by atoms with E-state index in [9.17, 15) is 9.59 Å². The molecular weight excluding hydrogens is 244 g/mol. The van der Waals surface area contributed by atoms with Crippen LogP contribution in [0.2, 0.25) is 0 Å². The van der Waals surface area contributed by atoms with Crippen LogP contribution in [0.25, 0.3) is 16.7 Å². The van der Waals surface area contributed by atoms with Gasteiger partial charge in [0.2, 0.25) is 0 Å². The summed E-state index contributed by atoms with van der Waals surface area (Å²) in [5.74, 6) is 2.51. The second-order valence-corrected chi connectivity index (χ2v) is 3.96. The Bertz CT molecular complexity index is 922. The summed E-state index contributed by atoms with van der Waals surface area (Å²) in [6.07, 6.45) is 8.17. The molecule has 0 aliphatic heterocycles. The van der Waals surface area contributed by atoms with E-state index >= 15 is 0 Å². The molecule has 5 heteroatoms. The van der Waals surface area contributed by atoms with Gasteiger partial charge in [-0.3, -0.25) is 14.3 Å². The molecule has 0 amide bonds. The minimum atomic E-state index is -0.517. The monoisotopic (exact) mass is 252 g/mol. The highest BCUT2D eigenvalue weighted by atomic mass is 16.3. The molecule has 0 saturated heterocycles. The predicted octanol–water partition coefficient (Wildman–Crippen LogP) is 1.25. The smallest absolute Gasteiger partial charge is 0.333 e. The molecule has 0 saturated carbocycles. The summed E-state index contributed by atoms with van der Waals surface area (Å²) in [5, 5.41) is 0.744. The molecule has 19 heavy (non-hydrogen) atoms. The number of fused-ring (bicyclic) bond motifs is 1. The van der Waals surface area contributed by atoms with E-state index in [0.29, 0.717) is 16.8 Å². The Morgan fingerprint density at radius 2 is 2.11 bits per heavy atom. The summed E-state index contributed by atoms with van der Waals surface area (Å²) in [4.78, 5) is 25.0. The van der Waals surface area contributed by atoms with Gasteiger partial charge in [-0.05, 0) is 18.2 Å². The summed E-state index contributed by atoms with van der Waals surface area (Å²) in [7, 11) is 0. The molecular formula is C14H8N2O3. The number of nitrogens with zero attached hydrogens (tertiary/aromatic N) is 1. The van der Waals surface area contributed by atoms with Crippen molar-refractivity contribution in [2.45, 2.75) is 0 Å². The summed E-state index contributed by atoms with van der Waals surface area (Å²) in [5.41, 5.74) is 0.880. The first kappa shape index (κ1) is 11.1. The van der Waals surface area contributed by atoms with E-state index in [0.717, 1.165) is 5.39 Å². The molecule has 2 heterocycles. The van der Waals surface area contributed by atoms with E-state index in [1.54, 1.807) is 18.2 Å². The van der Waals surface area contributed by atoms with E-state index in [2.05, 4.69) is 10.9 Å². The highest BCUT2D eigenvalue weighted by molar-refractivity contribution is 5.87. The van der Waals surface area contributed by atoms with E-state index in [1.807, 2.05) is 0 Å². The molecule has 5 nitrogen and oxygen atoms in total. The lowest BCUT2D eigenvalue weighted by Crippen LogP contribution is -2.27. The summed E-state index contributed by atoms with van der Waals surface area (Å²) in [6, 6.07) is 6.53. The molecule has 1 aromatic carbocycles. The van der Waals surface area contributed by atoms with Gasteiger partial charge in [0.15, 0.2) is 0 Å². The number of rotatable bonds is 1. The van der Waals surface area contributed by atoms with Crippen molar-refractivity contribution in [1.29, 1.82) is 0 Å². The van der Waals surface area contributed by atoms with Crippen molar-refractivity contribution >= 4 is 11.0 Å². The lowest BCUT2D eigenvalue weighted by atomic mass is 10.1. The van der Waals surface area contributed by atoms with Crippen LogP contribution in [0.3, 0.4) is 0 Å². The number of hydrogen-bond donors (Lipinski definition) is 1. The summed E-state index contributed by atoms with van der Waals surface area (Å²) >= 11 is 0. The fourth-order valence-electron chi connectivity index (χ4n) is 1.90. The quantitative estimate of drug-likeness (QED) is 0.663. The molecule has 0 unspecified atom stereocenters. The third-order valence-electron chi connectivity index (χ3n) is 2.81. The molecule has 2 aromatic heterocycles. The SMILES string of the molecule is C#Cc1ccc2c(-n3ccc(=O)[nH]c3=O)coc2c1. The van der Waals surface area contributed by atoms with Gasteiger partial charge in [-0.25, -0.2) is 4.79 Å². The third kappa shape index (κ3) is 1.76. The van der Waals surface area contributed by atoms with Gasteiger partial charge in [0.05, 0.1) is 5.69 Å². The third-order valence-corrected chi connectivity index (χ3v) is 2.81. The molecule has 0 atom stereocenters. The summed E-state index contributed by atoms with van der Waals surface area (Å²) < 4.78 is 6.69. The molecule has 0 radical (unpaired) electrons. The molecule has 0 bridgehead atoms. The second-order valence-electron chi connectivity index (χ2n) is 3.96. The van der Waals surface area contributed by atoms with Gasteiger partial charge in [0, 0.05) is 23.2 Å². The maximum atomic E-state index is 11.7. The van der Waals surface area contributed by atoms with Crippen LogP contribution in [0.15, 0.2) is 50.7 Å². The van der Waals surface area contributed by atoms with E-state index in [4.69, 9.17) is 10.8 Å². The molecule has 0 spiro atoms. The second kappa shape index (κ2) is 4.03. The number of aromatic nitrogens is 2. The van der Waals surface area contributed by atoms with Gasteiger partial charge >= 0.3 is 5.69 Å². The van der Waals surface area contributed by atoms with E-state index in [-0.39, 0.29) is 0 Å². The van der Waals surface area contributed by atoms with E-state index < -0.39 is 11.2 Å². The maximum absolute atomic E-state index is 11.7. The van der Waals surface area contributed by atoms with Crippen LogP contribution >= 0.6 is 0 Å². The van der Waals surface area contributed by atoms with Crippen LogP contribution in [0.5, 0.6) is 0 Å². The predicted molar refractivity (Wildman–Crippen MR) is 70.4 cm³/mol. The van der Waals surface area contributed by atoms with Crippen LogP contribution in [-0.2, 0) is 0 Å². The standard InChI is InChI=1S/C14H8N2O3/c1-2-9-3-4-10-11(8-19-12(10)7-9)16-6-5-13(17)15-14(16)18/h1,3-8H,(H,15,17,18). The van der Waals surface area contributed by atoms with Crippen molar-refractivity contribution in [3.63, 3.8) is 0 Å². The number of H-pyrrole nitrogens is 1. The van der Waals surface area contributed by atoms with Gasteiger partial charge in [-0.2, -0.15) is 0 Å². The van der Waals surface area contributed by atoms with Crippen LogP contribution in [0, 0.1) is 12.3 Å². The Labute approximate surface area is 107 Å². The number of hydrogen-bond acceptors (Lipinski definition) is 3. The first-order chi connectivity index (χ1) is 9.19. The van der Waals surface area contributed by atoms with Crippen molar-refractivity contribution < 1.29 is 4.42 Å². The Kier molecular flexibility index (Phi) is 2.36. The first-order valence-corrected chi connectivity index (χ1v) is 5.49. The average Bonchev–Trinajstić information content (AvgIpc) is 2.81. The lowest BCUT2D eigenvalue weighted by molar-refractivity contribution is 0.611. The van der Waals surface area contributed by atoms with Crippen molar-refractivity contribution in [2.75, 3.05) is 0 Å². The number of furan rings is 1. The van der Waals surface area contributed by atoms with Crippen molar-refractivity contribution in [1.82, 2.24) is 9.55 Å². The van der Waals surface area contributed by atoms with Crippen LogP contribution < -0.4 is 11.2 Å². The zero-order chi connectivity index (χ0) is 13.4. The van der Waals surface area contributed by atoms with Gasteiger partial charge in [-0.15, -0.1) is 6.42 Å². The minimum Gasteiger partial charge on any atom is -0.462 e. The Morgan fingerprint density at radius 1 is 1.26 bits per heavy atom. The van der Waals surface area contributed by atoms with Crippen molar-refractivity contribution in [3.05, 3.63) is 63.1 Å². The van der Waals surface area contributed by atoms with Crippen molar-refractivity contribution in [3.8, 4) is 18.0 Å². The normalized spacial score (nSPS) is 10.5. The van der Waals surface area contributed by atoms with Crippen LogP contribution in [0.1, 0.15) is 5.56 Å². The van der Waals surface area contributed by atoms with E-state index in [1.165, 1.54) is 23.1 Å². The zero-order valence-electron chi connectivity index (χ0n) is 9.71.